The van der Waals surface area contributed by atoms with Crippen LogP contribution < -0.4 is 5.72 Å². The summed E-state index contributed by atoms with van der Waals surface area (Å²) in [5, 5.41) is 17.6. The Balaban J connectivity index is 2.62. The van der Waals surface area contributed by atoms with Crippen molar-refractivity contribution in [1.29, 1.82) is 0 Å². The van der Waals surface area contributed by atoms with Gasteiger partial charge in [0.1, 0.15) is 5.72 Å². The van der Waals surface area contributed by atoms with E-state index in [9.17, 15) is 0 Å². The summed E-state index contributed by atoms with van der Waals surface area (Å²) >= 11 is 0. The lowest BCUT2D eigenvalue weighted by Crippen LogP contribution is -2.33. The third-order valence-corrected chi connectivity index (χ3v) is 1.59. The first kappa shape index (κ1) is 8.15. The maximum absolute atomic E-state index is 8.80. The van der Waals surface area contributed by atoms with Crippen LogP contribution in [0.2, 0.25) is 0 Å². The first-order valence-corrected chi connectivity index (χ1v) is 3.72. The molecule has 0 amide bonds. The summed E-state index contributed by atoms with van der Waals surface area (Å²) in [6.45, 7) is 1.79. The third kappa shape index (κ3) is 1.39. The number of aromatic nitrogens is 4. The molecule has 0 aromatic carbocycles. The highest BCUT2D eigenvalue weighted by Gasteiger charge is 2.16. The average molecular weight is 178 g/mol. The topological polar surface area (TPSA) is 94.9 Å². The van der Waals surface area contributed by atoms with Gasteiger partial charge in [-0.25, -0.2) is 15.0 Å². The van der Waals surface area contributed by atoms with Crippen molar-refractivity contribution in [3.8, 4) is 0 Å². The lowest BCUT2D eigenvalue weighted by Gasteiger charge is -1.88. The van der Waals surface area contributed by atoms with E-state index in [1.807, 2.05) is 0 Å². The quantitative estimate of drug-likeness (QED) is 0.454. The van der Waals surface area contributed by atoms with Crippen molar-refractivity contribution in [3.05, 3.63) is 11.9 Å². The van der Waals surface area contributed by atoms with Crippen LogP contribution in [0.3, 0.4) is 0 Å². The summed E-state index contributed by atoms with van der Waals surface area (Å²) in [5.41, 5.74) is 1.65. The minimum absolute atomic E-state index is 0.0561. The molecule has 0 radical (unpaired) electrons. The molecular weight excluding hydrogens is 171 g/mol. The van der Waals surface area contributed by atoms with E-state index in [1.54, 1.807) is 13.1 Å². The number of hydrogen-bond acceptors (Lipinski definition) is 5. The Morgan fingerprint density at radius 1 is 1.38 bits per heavy atom. The number of aryl methyl sites for hydroxylation is 1. The monoisotopic (exact) mass is 178 g/mol. The number of nitrogens with one attached hydrogen (secondary N) is 1. The summed E-state index contributed by atoms with van der Waals surface area (Å²) in [4.78, 5) is 14.5. The van der Waals surface area contributed by atoms with Gasteiger partial charge in [-0.15, -0.1) is 0 Å². The lowest BCUT2D eigenvalue weighted by atomic mass is 9.91. The molecule has 2 heterocycles. The first-order chi connectivity index (χ1) is 6.16. The molecule has 0 atom stereocenters. The van der Waals surface area contributed by atoms with Crippen LogP contribution in [0.1, 0.15) is 5.69 Å². The Bertz CT molecular complexity index is 441. The summed E-state index contributed by atoms with van der Waals surface area (Å²) in [6.07, 6.45) is 1.57. The van der Waals surface area contributed by atoms with E-state index in [0.29, 0.717) is 11.3 Å². The minimum Gasteiger partial charge on any atom is -0.421 e. The number of aromatic amines is 1. The van der Waals surface area contributed by atoms with Crippen LogP contribution >= 0.6 is 0 Å². The van der Waals surface area contributed by atoms with Crippen LogP contribution in [0.4, 0.5) is 0 Å². The van der Waals surface area contributed by atoms with Crippen molar-refractivity contribution in [2.24, 2.45) is 0 Å². The van der Waals surface area contributed by atoms with Gasteiger partial charge in [0, 0.05) is 0 Å². The van der Waals surface area contributed by atoms with Crippen molar-refractivity contribution in [1.82, 2.24) is 19.9 Å². The number of imidazole rings is 1. The minimum atomic E-state index is -1.61. The van der Waals surface area contributed by atoms with Gasteiger partial charge in [0.25, 0.3) is 0 Å². The lowest BCUT2D eigenvalue weighted by molar-refractivity contribution is 0.423. The molecule has 0 aliphatic rings. The van der Waals surface area contributed by atoms with Crippen LogP contribution in [-0.4, -0.2) is 37.1 Å². The van der Waals surface area contributed by atoms with E-state index >= 15 is 0 Å². The highest BCUT2D eigenvalue weighted by atomic mass is 16.4. The molecular formula is C6H7BN4O2. The van der Waals surface area contributed by atoms with E-state index in [1.165, 1.54) is 0 Å². The van der Waals surface area contributed by atoms with Crippen molar-refractivity contribution in [2.45, 2.75) is 6.92 Å². The maximum atomic E-state index is 8.80. The normalized spacial score (nSPS) is 10.7. The first-order valence-electron chi connectivity index (χ1n) is 3.72. The molecule has 13 heavy (non-hydrogen) atoms. The number of nitrogens with zero attached hydrogens (tertiary/aromatic N) is 3. The smallest absolute Gasteiger partial charge is 0.421 e. The second-order valence-electron chi connectivity index (χ2n) is 2.68. The highest BCUT2D eigenvalue weighted by molar-refractivity contribution is 6.56. The average Bonchev–Trinajstić information content (AvgIpc) is 2.46. The Kier molecular flexibility index (Phi) is 1.75. The third-order valence-electron chi connectivity index (χ3n) is 1.59. The summed E-state index contributed by atoms with van der Waals surface area (Å²) < 4.78 is 0. The van der Waals surface area contributed by atoms with Gasteiger partial charge in [-0.05, 0) is 6.92 Å². The summed E-state index contributed by atoms with van der Waals surface area (Å²) in [5.74, 6) is 0. The van der Waals surface area contributed by atoms with Gasteiger partial charge in [-0.2, -0.15) is 0 Å². The Hall–Kier alpha value is -1.47. The Labute approximate surface area is 73.8 Å². The van der Waals surface area contributed by atoms with Gasteiger partial charge in [0.15, 0.2) is 11.3 Å². The molecule has 0 aliphatic heterocycles. The van der Waals surface area contributed by atoms with Crippen LogP contribution in [0, 0.1) is 6.92 Å². The largest absolute Gasteiger partial charge is 0.526 e. The predicted octanol–water partition coefficient (Wildman–Crippen LogP) is -1.66. The Morgan fingerprint density at radius 2 is 2.15 bits per heavy atom. The molecule has 0 unspecified atom stereocenters. The molecule has 0 saturated heterocycles. The molecule has 0 aliphatic carbocycles. The van der Waals surface area contributed by atoms with Crippen molar-refractivity contribution in [2.75, 3.05) is 0 Å². The fourth-order valence-electron chi connectivity index (χ4n) is 1.02. The van der Waals surface area contributed by atoms with Gasteiger partial charge in [0.05, 0.1) is 11.9 Å². The van der Waals surface area contributed by atoms with Crippen LogP contribution in [0.25, 0.3) is 11.3 Å². The van der Waals surface area contributed by atoms with E-state index in [4.69, 9.17) is 10.0 Å². The zero-order valence-electron chi connectivity index (χ0n) is 6.89. The molecule has 2 aromatic heterocycles. The Morgan fingerprint density at radius 3 is 2.85 bits per heavy atom. The molecule has 6 nitrogen and oxygen atoms in total. The van der Waals surface area contributed by atoms with E-state index < -0.39 is 7.12 Å². The molecule has 0 bridgehead atoms. The SMILES string of the molecule is Cc1cnc2nc(B(O)O)[nH]c2n1. The van der Waals surface area contributed by atoms with Crippen LogP contribution in [-0.2, 0) is 0 Å². The van der Waals surface area contributed by atoms with Crippen molar-refractivity contribution < 1.29 is 10.0 Å². The summed E-state index contributed by atoms with van der Waals surface area (Å²) in [7, 11) is -1.61. The molecule has 0 fully saturated rings. The number of H-pyrrole nitrogens is 1. The van der Waals surface area contributed by atoms with Crippen molar-refractivity contribution >= 4 is 24.1 Å². The standard InChI is InChI=1S/C6H7BN4O2/c1-3-2-8-4-5(9-3)11-6(10-4)7(12)13/h2,12-13H,1H3,(H,8,9,10,11). The molecule has 2 aromatic rings. The second-order valence-corrected chi connectivity index (χ2v) is 2.68. The van der Waals surface area contributed by atoms with Crippen LogP contribution in [0.5, 0.6) is 0 Å². The zero-order valence-corrected chi connectivity index (χ0v) is 6.89. The number of fused-ring (bicyclic) bond motifs is 1. The van der Waals surface area contributed by atoms with Gasteiger partial charge in [0.2, 0.25) is 0 Å². The summed E-state index contributed by atoms with van der Waals surface area (Å²) in [6, 6.07) is 0. The van der Waals surface area contributed by atoms with E-state index in [0.717, 1.165) is 5.69 Å². The van der Waals surface area contributed by atoms with E-state index in [-0.39, 0.29) is 5.72 Å². The van der Waals surface area contributed by atoms with Gasteiger partial charge >= 0.3 is 7.12 Å². The fraction of sp³-hybridized carbons (Fsp3) is 0.167. The van der Waals surface area contributed by atoms with Crippen LogP contribution in [0.15, 0.2) is 6.20 Å². The van der Waals surface area contributed by atoms with E-state index in [2.05, 4.69) is 19.9 Å². The van der Waals surface area contributed by atoms with Gasteiger partial charge < -0.3 is 15.0 Å². The molecule has 66 valence electrons. The zero-order chi connectivity index (χ0) is 9.42. The molecule has 3 N–H and O–H groups in total. The maximum Gasteiger partial charge on any atom is 0.526 e. The molecule has 0 spiro atoms. The highest BCUT2D eigenvalue weighted by Crippen LogP contribution is 2.00. The van der Waals surface area contributed by atoms with Gasteiger partial charge in [-0.3, -0.25) is 0 Å². The fourth-order valence-corrected chi connectivity index (χ4v) is 1.02. The number of rotatable bonds is 1. The van der Waals surface area contributed by atoms with Crippen molar-refractivity contribution in [3.63, 3.8) is 0 Å². The molecule has 2 rings (SSSR count). The number of hydrogen-bond donors (Lipinski definition) is 3. The predicted molar refractivity (Wildman–Crippen MR) is 46.2 cm³/mol. The molecule has 0 saturated carbocycles. The van der Waals surface area contributed by atoms with Gasteiger partial charge in [-0.1, -0.05) is 0 Å². The second kappa shape index (κ2) is 2.79. The molecule has 7 heteroatoms.